The molecule has 0 radical (unpaired) electrons. The van der Waals surface area contributed by atoms with Crippen LogP contribution in [0.1, 0.15) is 6.42 Å². The molecule has 74 valence electrons. The lowest BCUT2D eigenvalue weighted by atomic mass is 10.3. The summed E-state index contributed by atoms with van der Waals surface area (Å²) in [4.78, 5) is 10.1. The van der Waals surface area contributed by atoms with Gasteiger partial charge in [0.2, 0.25) is 5.90 Å². The lowest BCUT2D eigenvalue weighted by Gasteiger charge is -1.90. The van der Waals surface area contributed by atoms with Gasteiger partial charge < -0.3 is 9.84 Å². The molecule has 0 saturated carbocycles. The average Bonchev–Trinajstić information content (AvgIpc) is 2.48. The number of hydrogen-bond acceptors (Lipinski definition) is 4. The second-order valence-electron chi connectivity index (χ2n) is 2.71. The smallest absolute Gasteiger partial charge is 0.315 e. The molecule has 0 aromatic heterocycles. The Balaban J connectivity index is 0.000000146. The first-order chi connectivity index (χ1) is 6.70. The van der Waals surface area contributed by atoms with Gasteiger partial charge in [-0.05, 0) is 0 Å². The van der Waals surface area contributed by atoms with E-state index >= 15 is 0 Å². The fraction of sp³-hybridized carbons (Fsp3) is 0.200. The van der Waals surface area contributed by atoms with E-state index in [1.54, 1.807) is 0 Å². The van der Waals surface area contributed by atoms with Gasteiger partial charge >= 0.3 is 5.97 Å². The van der Waals surface area contributed by atoms with E-state index in [4.69, 9.17) is 10.5 Å². The van der Waals surface area contributed by atoms with E-state index in [1.807, 2.05) is 36.4 Å². The summed E-state index contributed by atoms with van der Waals surface area (Å²) in [6.45, 7) is 0. The zero-order valence-corrected chi connectivity index (χ0v) is 7.51. The molecule has 1 unspecified atom stereocenters. The minimum atomic E-state index is -0.998. The Morgan fingerprint density at radius 2 is 1.64 bits per heavy atom. The molecule has 1 aromatic rings. The third kappa shape index (κ3) is 3.37. The van der Waals surface area contributed by atoms with E-state index in [0.717, 1.165) is 0 Å². The highest BCUT2D eigenvalue weighted by atomic mass is 16.6. The number of rotatable bonds is 0. The molecule has 0 aliphatic carbocycles. The zero-order valence-electron chi connectivity index (χ0n) is 7.51. The zero-order chi connectivity index (χ0) is 10.4. The molecule has 0 bridgehead atoms. The van der Waals surface area contributed by atoms with Gasteiger partial charge in [-0.1, -0.05) is 36.4 Å². The van der Waals surface area contributed by atoms with Crippen molar-refractivity contribution in [2.45, 2.75) is 12.5 Å². The van der Waals surface area contributed by atoms with Crippen molar-refractivity contribution in [1.29, 1.82) is 5.41 Å². The molecule has 1 heterocycles. The summed E-state index contributed by atoms with van der Waals surface area (Å²) in [7, 11) is 0. The van der Waals surface area contributed by atoms with Gasteiger partial charge in [0.1, 0.15) is 6.10 Å². The van der Waals surface area contributed by atoms with Crippen LogP contribution in [0.4, 0.5) is 0 Å². The Bertz CT molecular complexity index is 284. The number of carbonyl (C=O) groups excluding carboxylic acids is 1. The highest BCUT2D eigenvalue weighted by Crippen LogP contribution is 2.06. The Kier molecular flexibility index (Phi) is 3.82. The highest BCUT2D eigenvalue weighted by molar-refractivity contribution is 5.97. The number of nitrogens with one attached hydrogen (secondary N) is 1. The van der Waals surface area contributed by atoms with Gasteiger partial charge in [-0.2, -0.15) is 0 Å². The molecule has 1 aliphatic rings. The Morgan fingerprint density at radius 3 is 1.79 bits per heavy atom. The SMILES string of the molecule is N=C1OC(=O)CC1O.c1ccccc1. The molecule has 14 heavy (non-hydrogen) atoms. The lowest BCUT2D eigenvalue weighted by Crippen LogP contribution is -2.10. The summed E-state index contributed by atoms with van der Waals surface area (Å²) in [5.41, 5.74) is 0. The van der Waals surface area contributed by atoms with Crippen molar-refractivity contribution in [1.82, 2.24) is 0 Å². The predicted octanol–water partition coefficient (Wildman–Crippen LogP) is 0.958. The van der Waals surface area contributed by atoms with Crippen LogP contribution in [-0.2, 0) is 9.53 Å². The van der Waals surface area contributed by atoms with Crippen molar-refractivity contribution < 1.29 is 14.6 Å². The standard InChI is InChI=1S/C6H6.C4H5NO3/c1-2-4-6-5-3-1;5-4-2(6)1-3(7)8-4/h1-6H;2,5-6H,1H2. The summed E-state index contributed by atoms with van der Waals surface area (Å²) in [5.74, 6) is -0.863. The lowest BCUT2D eigenvalue weighted by molar-refractivity contribution is -0.133. The van der Waals surface area contributed by atoms with Crippen LogP contribution >= 0.6 is 0 Å². The van der Waals surface area contributed by atoms with E-state index in [0.29, 0.717) is 0 Å². The summed E-state index contributed by atoms with van der Waals surface area (Å²) < 4.78 is 4.17. The predicted molar refractivity (Wildman–Crippen MR) is 50.9 cm³/mol. The number of carbonyl (C=O) groups is 1. The topological polar surface area (TPSA) is 70.4 Å². The molecule has 2 rings (SSSR count). The fourth-order valence-electron chi connectivity index (χ4n) is 0.868. The van der Waals surface area contributed by atoms with Gasteiger partial charge in [-0.25, -0.2) is 0 Å². The number of cyclic esters (lactones) is 1. The summed E-state index contributed by atoms with van der Waals surface area (Å²) in [6.07, 6.45) is -1.07. The molecule has 0 amide bonds. The third-order valence-corrected chi connectivity index (χ3v) is 1.55. The van der Waals surface area contributed by atoms with Gasteiger partial charge in [0.25, 0.3) is 0 Å². The molecule has 1 fully saturated rings. The van der Waals surface area contributed by atoms with Crippen LogP contribution in [0, 0.1) is 5.41 Å². The van der Waals surface area contributed by atoms with Crippen LogP contribution in [-0.4, -0.2) is 23.1 Å². The van der Waals surface area contributed by atoms with Crippen molar-refractivity contribution in [3.63, 3.8) is 0 Å². The van der Waals surface area contributed by atoms with Crippen LogP contribution in [0.5, 0.6) is 0 Å². The van der Waals surface area contributed by atoms with Crippen molar-refractivity contribution in [3.8, 4) is 0 Å². The Hall–Kier alpha value is -1.68. The molecular weight excluding hydrogens is 182 g/mol. The average molecular weight is 193 g/mol. The van der Waals surface area contributed by atoms with Crippen molar-refractivity contribution in [3.05, 3.63) is 36.4 Å². The monoisotopic (exact) mass is 193 g/mol. The van der Waals surface area contributed by atoms with E-state index in [2.05, 4.69) is 4.74 Å². The molecule has 2 N–H and O–H groups in total. The maximum atomic E-state index is 10.1. The minimum absolute atomic E-state index is 0.0706. The number of esters is 1. The highest BCUT2D eigenvalue weighted by Gasteiger charge is 2.27. The van der Waals surface area contributed by atoms with Gasteiger partial charge in [0.05, 0.1) is 6.42 Å². The molecule has 0 spiro atoms. The second kappa shape index (κ2) is 5.14. The molecule has 4 heteroatoms. The number of hydrogen-bond donors (Lipinski definition) is 2. The van der Waals surface area contributed by atoms with E-state index in [-0.39, 0.29) is 12.3 Å². The van der Waals surface area contributed by atoms with Crippen molar-refractivity contribution in [2.24, 2.45) is 0 Å². The Morgan fingerprint density at radius 1 is 1.21 bits per heavy atom. The molecule has 1 atom stereocenters. The fourth-order valence-corrected chi connectivity index (χ4v) is 0.868. The first-order valence-electron chi connectivity index (χ1n) is 4.17. The summed E-state index contributed by atoms with van der Waals surface area (Å²) in [6, 6.07) is 12.0. The number of aliphatic hydroxyl groups excluding tert-OH is 1. The van der Waals surface area contributed by atoms with Crippen LogP contribution in [0.25, 0.3) is 0 Å². The largest absolute Gasteiger partial charge is 0.409 e. The van der Waals surface area contributed by atoms with Crippen LogP contribution in [0.3, 0.4) is 0 Å². The second-order valence-corrected chi connectivity index (χ2v) is 2.71. The summed E-state index contributed by atoms with van der Waals surface area (Å²) >= 11 is 0. The molecule has 1 aromatic carbocycles. The van der Waals surface area contributed by atoms with Gasteiger partial charge in [0, 0.05) is 0 Å². The first kappa shape index (κ1) is 10.4. The van der Waals surface area contributed by atoms with Crippen molar-refractivity contribution in [2.75, 3.05) is 0 Å². The van der Waals surface area contributed by atoms with Gasteiger partial charge in [0.15, 0.2) is 0 Å². The van der Waals surface area contributed by atoms with Crippen LogP contribution in [0.15, 0.2) is 36.4 Å². The van der Waals surface area contributed by atoms with Gasteiger partial charge in [-0.3, -0.25) is 10.2 Å². The first-order valence-corrected chi connectivity index (χ1v) is 4.17. The molecule has 4 nitrogen and oxygen atoms in total. The van der Waals surface area contributed by atoms with Crippen LogP contribution < -0.4 is 0 Å². The minimum Gasteiger partial charge on any atom is -0.409 e. The van der Waals surface area contributed by atoms with Crippen LogP contribution in [0.2, 0.25) is 0 Å². The quantitative estimate of drug-likeness (QED) is 0.603. The number of aliphatic hydroxyl groups is 1. The Labute approximate surface area is 81.6 Å². The maximum absolute atomic E-state index is 10.1. The summed E-state index contributed by atoms with van der Waals surface area (Å²) in [5, 5.41) is 15.3. The molecular formula is C10H11NO3. The number of ether oxygens (including phenoxy) is 1. The normalized spacial score (nSPS) is 19.6. The van der Waals surface area contributed by atoms with E-state index in [1.165, 1.54) is 0 Å². The van der Waals surface area contributed by atoms with E-state index < -0.39 is 12.1 Å². The molecule has 1 aliphatic heterocycles. The maximum Gasteiger partial charge on any atom is 0.315 e. The third-order valence-electron chi connectivity index (χ3n) is 1.55. The molecule has 1 saturated heterocycles. The van der Waals surface area contributed by atoms with E-state index in [9.17, 15) is 4.79 Å². The van der Waals surface area contributed by atoms with Crippen molar-refractivity contribution >= 4 is 11.9 Å². The van der Waals surface area contributed by atoms with Gasteiger partial charge in [-0.15, -0.1) is 0 Å². The number of benzene rings is 1.